The van der Waals surface area contributed by atoms with Crippen LogP contribution in [0.15, 0.2) is 51.8 Å². The minimum atomic E-state index is -3.78. The molecular formula is C13H9BrClFO3S. The Hall–Kier alpha value is -1.11. The summed E-state index contributed by atoms with van der Waals surface area (Å²) in [5, 5.41) is 0. The monoisotopic (exact) mass is 378 g/mol. The Balaban J connectivity index is 2.15. The highest BCUT2D eigenvalue weighted by Crippen LogP contribution is 2.29. The lowest BCUT2D eigenvalue weighted by molar-refractivity contribution is 0.303. The Labute approximate surface area is 128 Å². The van der Waals surface area contributed by atoms with Crippen LogP contribution in [0.3, 0.4) is 0 Å². The molecule has 2 rings (SSSR count). The van der Waals surface area contributed by atoms with Gasteiger partial charge in [0.1, 0.15) is 18.2 Å². The standard InChI is InChI=1S/C13H9BrClFO3S/c14-12-7-11(20(15,17)18)4-5-13(12)19-8-9-2-1-3-10(16)6-9/h1-7H,8H2. The Morgan fingerprint density at radius 1 is 1.20 bits per heavy atom. The van der Waals surface area contributed by atoms with E-state index in [4.69, 9.17) is 15.4 Å². The fourth-order valence-corrected chi connectivity index (χ4v) is 2.96. The molecule has 0 heterocycles. The smallest absolute Gasteiger partial charge is 0.261 e. The van der Waals surface area contributed by atoms with Crippen molar-refractivity contribution in [3.63, 3.8) is 0 Å². The van der Waals surface area contributed by atoms with Crippen molar-refractivity contribution in [2.24, 2.45) is 0 Å². The van der Waals surface area contributed by atoms with Gasteiger partial charge in [-0.3, -0.25) is 0 Å². The van der Waals surface area contributed by atoms with Crippen LogP contribution >= 0.6 is 26.6 Å². The molecule has 0 fully saturated rings. The molecule has 106 valence electrons. The largest absolute Gasteiger partial charge is 0.488 e. The number of halogens is 3. The van der Waals surface area contributed by atoms with Crippen LogP contribution in [0.25, 0.3) is 0 Å². The number of benzene rings is 2. The van der Waals surface area contributed by atoms with Crippen LogP contribution in [-0.4, -0.2) is 8.42 Å². The number of hydrogen-bond donors (Lipinski definition) is 0. The molecule has 0 atom stereocenters. The SMILES string of the molecule is O=S(=O)(Cl)c1ccc(OCc2cccc(F)c2)c(Br)c1. The maximum absolute atomic E-state index is 13.0. The molecule has 0 unspecified atom stereocenters. The van der Waals surface area contributed by atoms with Crippen molar-refractivity contribution in [1.29, 1.82) is 0 Å². The molecule has 0 aromatic heterocycles. The minimum absolute atomic E-state index is 0.0239. The normalized spacial score (nSPS) is 11.3. The van der Waals surface area contributed by atoms with E-state index in [1.807, 2.05) is 0 Å². The van der Waals surface area contributed by atoms with Crippen LogP contribution in [0.2, 0.25) is 0 Å². The lowest BCUT2D eigenvalue weighted by Crippen LogP contribution is -1.98. The lowest BCUT2D eigenvalue weighted by Gasteiger charge is -2.09. The second-order valence-corrected chi connectivity index (χ2v) is 7.37. The van der Waals surface area contributed by atoms with Gasteiger partial charge >= 0.3 is 0 Å². The van der Waals surface area contributed by atoms with Crippen molar-refractivity contribution in [2.75, 3.05) is 0 Å². The number of ether oxygens (including phenoxy) is 1. The highest BCUT2D eigenvalue weighted by atomic mass is 79.9. The third-order valence-electron chi connectivity index (χ3n) is 2.47. The van der Waals surface area contributed by atoms with Gasteiger partial charge in [-0.05, 0) is 51.8 Å². The summed E-state index contributed by atoms with van der Waals surface area (Å²) in [6.45, 7) is 0.170. The summed E-state index contributed by atoms with van der Waals surface area (Å²) in [4.78, 5) is -0.0239. The van der Waals surface area contributed by atoms with Gasteiger partial charge < -0.3 is 4.74 Å². The molecule has 3 nitrogen and oxygen atoms in total. The fourth-order valence-electron chi connectivity index (χ4n) is 1.54. The maximum atomic E-state index is 13.0. The van der Waals surface area contributed by atoms with Gasteiger partial charge in [0.15, 0.2) is 0 Å². The van der Waals surface area contributed by atoms with Gasteiger partial charge in [-0.2, -0.15) is 0 Å². The third-order valence-corrected chi connectivity index (χ3v) is 4.44. The van der Waals surface area contributed by atoms with E-state index in [1.54, 1.807) is 12.1 Å². The third kappa shape index (κ3) is 3.94. The van der Waals surface area contributed by atoms with E-state index in [0.717, 1.165) is 0 Å². The molecule has 0 aliphatic rings. The van der Waals surface area contributed by atoms with E-state index in [-0.39, 0.29) is 17.3 Å². The minimum Gasteiger partial charge on any atom is -0.488 e. The molecule has 7 heteroatoms. The zero-order valence-electron chi connectivity index (χ0n) is 10.0. The van der Waals surface area contributed by atoms with E-state index in [2.05, 4.69) is 15.9 Å². The van der Waals surface area contributed by atoms with Crippen molar-refractivity contribution in [1.82, 2.24) is 0 Å². The van der Waals surface area contributed by atoms with E-state index in [9.17, 15) is 12.8 Å². The van der Waals surface area contributed by atoms with Gasteiger partial charge in [0.2, 0.25) is 0 Å². The van der Waals surface area contributed by atoms with Crippen molar-refractivity contribution in [3.8, 4) is 5.75 Å². The van der Waals surface area contributed by atoms with Crippen molar-refractivity contribution in [3.05, 3.63) is 58.3 Å². The first-order valence-corrected chi connectivity index (χ1v) is 8.58. The topological polar surface area (TPSA) is 43.4 Å². The molecule has 0 aliphatic carbocycles. The molecule has 2 aromatic rings. The van der Waals surface area contributed by atoms with E-state index in [0.29, 0.717) is 15.8 Å². The van der Waals surface area contributed by atoms with Crippen LogP contribution in [0, 0.1) is 5.82 Å². The summed E-state index contributed by atoms with van der Waals surface area (Å²) in [6, 6.07) is 10.2. The van der Waals surface area contributed by atoms with Gasteiger partial charge in [0, 0.05) is 10.7 Å². The Kier molecular flexibility index (Phi) is 4.67. The van der Waals surface area contributed by atoms with E-state index < -0.39 is 9.05 Å². The van der Waals surface area contributed by atoms with Crippen LogP contribution in [0.4, 0.5) is 4.39 Å². The van der Waals surface area contributed by atoms with Gasteiger partial charge in [0.05, 0.1) is 9.37 Å². The highest BCUT2D eigenvalue weighted by Gasteiger charge is 2.12. The van der Waals surface area contributed by atoms with Crippen LogP contribution in [-0.2, 0) is 15.7 Å². The number of rotatable bonds is 4. The first-order chi connectivity index (χ1) is 9.36. The van der Waals surface area contributed by atoms with E-state index in [1.165, 1.54) is 30.3 Å². The Morgan fingerprint density at radius 3 is 2.55 bits per heavy atom. The molecular weight excluding hydrogens is 371 g/mol. The van der Waals surface area contributed by atoms with Gasteiger partial charge in [-0.25, -0.2) is 12.8 Å². The molecule has 0 radical (unpaired) electrons. The second kappa shape index (κ2) is 6.11. The zero-order chi connectivity index (χ0) is 14.8. The summed E-state index contributed by atoms with van der Waals surface area (Å²) >= 11 is 3.21. The Morgan fingerprint density at radius 2 is 1.95 bits per heavy atom. The molecule has 20 heavy (non-hydrogen) atoms. The molecule has 0 saturated carbocycles. The van der Waals surface area contributed by atoms with Crippen molar-refractivity contribution >= 4 is 35.7 Å². The summed E-state index contributed by atoms with van der Waals surface area (Å²) in [5.41, 5.74) is 0.672. The predicted octanol–water partition coefficient (Wildman–Crippen LogP) is 4.09. The summed E-state index contributed by atoms with van der Waals surface area (Å²) in [7, 11) is 1.46. The van der Waals surface area contributed by atoms with Crippen LogP contribution in [0.5, 0.6) is 5.75 Å². The van der Waals surface area contributed by atoms with E-state index >= 15 is 0 Å². The average molecular weight is 380 g/mol. The van der Waals surface area contributed by atoms with Crippen molar-refractivity contribution < 1.29 is 17.5 Å². The highest BCUT2D eigenvalue weighted by molar-refractivity contribution is 9.10. The van der Waals surface area contributed by atoms with Gasteiger partial charge in [0.25, 0.3) is 9.05 Å². The van der Waals surface area contributed by atoms with Gasteiger partial charge in [-0.15, -0.1) is 0 Å². The quantitative estimate of drug-likeness (QED) is 0.751. The molecule has 0 saturated heterocycles. The lowest BCUT2D eigenvalue weighted by atomic mass is 10.2. The van der Waals surface area contributed by atoms with Crippen LogP contribution < -0.4 is 4.74 Å². The summed E-state index contributed by atoms with van der Waals surface area (Å²) in [6.07, 6.45) is 0. The summed E-state index contributed by atoms with van der Waals surface area (Å²) in [5.74, 6) is 0.104. The first-order valence-electron chi connectivity index (χ1n) is 5.48. The molecule has 0 aliphatic heterocycles. The first kappa shape index (κ1) is 15.3. The molecule has 0 spiro atoms. The molecule has 2 aromatic carbocycles. The number of hydrogen-bond acceptors (Lipinski definition) is 3. The average Bonchev–Trinajstić information content (AvgIpc) is 2.36. The molecule has 0 N–H and O–H groups in total. The van der Waals surface area contributed by atoms with Crippen molar-refractivity contribution in [2.45, 2.75) is 11.5 Å². The summed E-state index contributed by atoms with van der Waals surface area (Å²) < 4.78 is 41.3. The molecule has 0 amide bonds. The maximum Gasteiger partial charge on any atom is 0.261 e. The predicted molar refractivity (Wildman–Crippen MR) is 77.9 cm³/mol. The van der Waals surface area contributed by atoms with Gasteiger partial charge in [-0.1, -0.05) is 12.1 Å². The van der Waals surface area contributed by atoms with Crippen LogP contribution in [0.1, 0.15) is 5.56 Å². The second-order valence-electron chi connectivity index (χ2n) is 3.95. The molecule has 0 bridgehead atoms. The Bertz CT molecular complexity index is 734. The zero-order valence-corrected chi connectivity index (χ0v) is 13.2. The fraction of sp³-hybridized carbons (Fsp3) is 0.0769.